The van der Waals surface area contributed by atoms with E-state index in [2.05, 4.69) is 10.5 Å². The van der Waals surface area contributed by atoms with Gasteiger partial charge in [0.25, 0.3) is 5.91 Å². The van der Waals surface area contributed by atoms with Crippen molar-refractivity contribution in [2.75, 3.05) is 6.61 Å². The van der Waals surface area contributed by atoms with Gasteiger partial charge >= 0.3 is 29.6 Å². The molecule has 0 saturated carbocycles. The van der Waals surface area contributed by atoms with Gasteiger partial charge in [-0.2, -0.15) is 5.10 Å². The van der Waals surface area contributed by atoms with Crippen LogP contribution in [0.4, 0.5) is 0 Å². The van der Waals surface area contributed by atoms with E-state index < -0.39 is 27.2 Å². The average Bonchev–Trinajstić information content (AvgIpc) is 3.15. The minimum absolute atomic E-state index is 0. The molecule has 1 unspecified atom stereocenters. The Hall–Kier alpha value is -2.37. The van der Waals surface area contributed by atoms with Gasteiger partial charge in [-0.1, -0.05) is 24.3 Å². The number of benzene rings is 2. The van der Waals surface area contributed by atoms with Crippen molar-refractivity contribution >= 4 is 33.0 Å². The molecule has 1 aromatic heterocycles. The number of carbonyl (C=O) groups is 1. The number of nitrogens with one attached hydrogen (secondary N) is 1. The summed E-state index contributed by atoms with van der Waals surface area (Å²) in [5.41, 5.74) is 2.25. The van der Waals surface area contributed by atoms with Gasteiger partial charge in [0.1, 0.15) is 12.4 Å². The molecule has 1 atom stereocenters. The van der Waals surface area contributed by atoms with Crippen molar-refractivity contribution < 1.29 is 61.2 Å². The third kappa shape index (κ3) is 4.80. The van der Waals surface area contributed by atoms with Crippen LogP contribution in [0.5, 0.6) is 11.5 Å². The monoisotopic (exact) mass is 424 g/mol. The van der Waals surface area contributed by atoms with Crippen molar-refractivity contribution in [3.63, 3.8) is 0 Å². The Kier molecular flexibility index (Phi) is 6.30. The Balaban J connectivity index is 0.00000240. The molecule has 2 aromatic carbocycles. The van der Waals surface area contributed by atoms with Gasteiger partial charge < -0.3 is 18.4 Å². The predicted octanol–water partition coefficient (Wildman–Crippen LogP) is -1.37. The van der Waals surface area contributed by atoms with Gasteiger partial charge in [0.05, 0.1) is 6.21 Å². The summed E-state index contributed by atoms with van der Waals surface area (Å²) in [6.45, 7) is 0.00597. The Morgan fingerprint density at radius 1 is 1.14 bits per heavy atom. The second kappa shape index (κ2) is 8.56. The first-order valence-corrected chi connectivity index (χ1v) is 9.52. The number of amides is 1. The maximum absolute atomic E-state index is 12.2. The minimum Gasteiger partial charge on any atom is -0.742 e. The summed E-state index contributed by atoms with van der Waals surface area (Å²) in [6.07, 6.45) is 0.151. The van der Waals surface area contributed by atoms with Crippen LogP contribution >= 0.6 is 0 Å². The first-order valence-electron chi connectivity index (χ1n) is 8.11. The Morgan fingerprint density at radius 2 is 1.83 bits per heavy atom. The van der Waals surface area contributed by atoms with E-state index in [1.54, 1.807) is 6.07 Å². The number of rotatable bonds is 4. The van der Waals surface area contributed by atoms with Crippen LogP contribution in [0.2, 0.25) is 0 Å². The SMILES string of the molecule is O=C(N/N=C/c1ccc(S(=O)(=O)[O-])o1)C1COc2cc3ccccc3cc2O1.[Na+]. The van der Waals surface area contributed by atoms with E-state index in [9.17, 15) is 17.8 Å². The number of hydrogen-bond acceptors (Lipinski definition) is 8. The third-order valence-corrected chi connectivity index (χ3v) is 4.69. The zero-order chi connectivity index (χ0) is 19.7. The van der Waals surface area contributed by atoms with Gasteiger partial charge in [-0.3, -0.25) is 4.79 Å². The van der Waals surface area contributed by atoms with E-state index in [4.69, 9.17) is 13.9 Å². The molecule has 0 radical (unpaired) electrons. The fraction of sp³-hybridized carbons (Fsp3) is 0.111. The maximum Gasteiger partial charge on any atom is 1.00 e. The average molecular weight is 424 g/mol. The molecule has 0 fully saturated rings. The molecule has 0 aliphatic carbocycles. The largest absolute Gasteiger partial charge is 1.00 e. The quantitative estimate of drug-likeness (QED) is 0.237. The molecule has 1 aliphatic rings. The van der Waals surface area contributed by atoms with Gasteiger partial charge in [-0.25, -0.2) is 13.8 Å². The fourth-order valence-corrected chi connectivity index (χ4v) is 3.09. The number of hydrazone groups is 1. The van der Waals surface area contributed by atoms with Gasteiger partial charge in [-0.15, -0.1) is 0 Å². The molecule has 0 spiro atoms. The van der Waals surface area contributed by atoms with E-state index in [1.807, 2.05) is 30.3 Å². The predicted molar refractivity (Wildman–Crippen MR) is 96.3 cm³/mol. The summed E-state index contributed by atoms with van der Waals surface area (Å²) in [6, 6.07) is 13.6. The van der Waals surface area contributed by atoms with Gasteiger partial charge in [-0.05, 0) is 35.0 Å². The fourth-order valence-electron chi connectivity index (χ4n) is 2.65. The molecule has 1 aliphatic heterocycles. The van der Waals surface area contributed by atoms with Crippen molar-refractivity contribution in [3.05, 3.63) is 54.3 Å². The molecular formula is C18H13N2NaO7S. The van der Waals surface area contributed by atoms with Crippen molar-refractivity contribution in [2.24, 2.45) is 5.10 Å². The molecule has 1 amide bonds. The smallest absolute Gasteiger partial charge is 0.742 e. The van der Waals surface area contributed by atoms with Gasteiger partial charge in [0, 0.05) is 0 Å². The van der Waals surface area contributed by atoms with Crippen LogP contribution in [0, 0.1) is 0 Å². The molecule has 4 rings (SSSR count). The van der Waals surface area contributed by atoms with Crippen LogP contribution < -0.4 is 44.5 Å². The van der Waals surface area contributed by atoms with Crippen LogP contribution in [0.25, 0.3) is 10.8 Å². The summed E-state index contributed by atoms with van der Waals surface area (Å²) in [5, 5.41) is 4.88. The van der Waals surface area contributed by atoms with Crippen LogP contribution in [0.15, 0.2) is 63.1 Å². The van der Waals surface area contributed by atoms with Crippen LogP contribution in [0.1, 0.15) is 5.76 Å². The van der Waals surface area contributed by atoms with Crippen molar-refractivity contribution in [1.82, 2.24) is 5.43 Å². The molecule has 1 N–H and O–H groups in total. The number of carbonyl (C=O) groups excluding carboxylic acids is 1. The number of furan rings is 1. The summed E-state index contributed by atoms with van der Waals surface area (Å²) in [4.78, 5) is 12.2. The Labute approximate surface area is 187 Å². The van der Waals surface area contributed by atoms with Crippen molar-refractivity contribution in [1.29, 1.82) is 0 Å². The van der Waals surface area contributed by atoms with Gasteiger partial charge in [0.15, 0.2) is 21.6 Å². The van der Waals surface area contributed by atoms with Crippen LogP contribution in [0.3, 0.4) is 0 Å². The Morgan fingerprint density at radius 3 is 2.48 bits per heavy atom. The second-order valence-corrected chi connectivity index (χ2v) is 7.22. The second-order valence-electron chi connectivity index (χ2n) is 5.91. The number of hydrogen-bond donors (Lipinski definition) is 1. The maximum atomic E-state index is 12.2. The summed E-state index contributed by atoms with van der Waals surface area (Å²) in [5.74, 6) is 0.434. The summed E-state index contributed by atoms with van der Waals surface area (Å²) in [7, 11) is -4.69. The summed E-state index contributed by atoms with van der Waals surface area (Å²) >= 11 is 0. The van der Waals surface area contributed by atoms with Crippen LogP contribution in [-0.2, 0) is 14.9 Å². The molecule has 144 valence electrons. The molecule has 9 nitrogen and oxygen atoms in total. The van der Waals surface area contributed by atoms with Crippen molar-refractivity contribution in [3.8, 4) is 11.5 Å². The number of nitrogens with zero attached hydrogens (tertiary/aromatic N) is 1. The molecule has 0 bridgehead atoms. The van der Waals surface area contributed by atoms with E-state index in [1.165, 1.54) is 6.07 Å². The van der Waals surface area contributed by atoms with E-state index in [-0.39, 0.29) is 41.9 Å². The standard InChI is InChI=1S/C18H14N2O7S.Na/c21-18(20-19-9-13-5-6-17(26-13)28(22,23)24)16-10-25-14-7-11-3-1-2-4-12(11)8-15(14)27-16;/h1-9,16H,10H2,(H,20,21)(H,22,23,24);/q;+1/p-1/b19-9+;. The minimum atomic E-state index is -4.69. The molecule has 29 heavy (non-hydrogen) atoms. The molecule has 2 heterocycles. The van der Waals surface area contributed by atoms with E-state index in [0.29, 0.717) is 11.5 Å². The molecule has 11 heteroatoms. The summed E-state index contributed by atoms with van der Waals surface area (Å²) < 4.78 is 48.6. The Bertz CT molecular complexity index is 1190. The first-order chi connectivity index (χ1) is 13.4. The third-order valence-electron chi connectivity index (χ3n) is 3.98. The van der Waals surface area contributed by atoms with Gasteiger partial charge in [0.2, 0.25) is 11.2 Å². The van der Waals surface area contributed by atoms with E-state index in [0.717, 1.165) is 23.1 Å². The normalized spacial score (nSPS) is 15.8. The van der Waals surface area contributed by atoms with Crippen molar-refractivity contribution in [2.45, 2.75) is 11.2 Å². The zero-order valence-electron chi connectivity index (χ0n) is 15.2. The molecule has 0 saturated heterocycles. The molecular weight excluding hydrogens is 411 g/mol. The van der Waals surface area contributed by atoms with E-state index >= 15 is 0 Å². The topological polar surface area (TPSA) is 130 Å². The first kappa shape index (κ1) is 21.3. The molecule has 3 aromatic rings. The van der Waals surface area contributed by atoms with Crippen LogP contribution in [-0.4, -0.2) is 37.8 Å². The number of ether oxygens (including phenoxy) is 2. The number of fused-ring (bicyclic) bond motifs is 2. The zero-order valence-corrected chi connectivity index (χ0v) is 18.0.